The Bertz CT molecular complexity index is 1560. The predicted octanol–water partition coefficient (Wildman–Crippen LogP) is 3.40. The van der Waals surface area contributed by atoms with Gasteiger partial charge in [0.1, 0.15) is 10.3 Å². The summed E-state index contributed by atoms with van der Waals surface area (Å²) in [5.41, 5.74) is 1.09. The third-order valence-corrected chi connectivity index (χ3v) is 11.5. The van der Waals surface area contributed by atoms with Gasteiger partial charge in [0, 0.05) is 19.5 Å². The molecule has 3 atom stereocenters. The lowest BCUT2D eigenvalue weighted by molar-refractivity contribution is 0.0389. The minimum absolute atomic E-state index is 0.000421. The van der Waals surface area contributed by atoms with Crippen molar-refractivity contribution in [3.8, 4) is 5.75 Å². The number of hydrogen-bond donors (Lipinski definition) is 2. The monoisotopic (exact) mass is 607 g/mol. The van der Waals surface area contributed by atoms with Crippen LogP contribution >= 0.6 is 11.3 Å². The maximum absolute atomic E-state index is 13.6. The summed E-state index contributed by atoms with van der Waals surface area (Å²) < 4.78 is 63.0. The molecule has 1 aliphatic rings. The van der Waals surface area contributed by atoms with E-state index in [4.69, 9.17) is 4.74 Å². The third kappa shape index (κ3) is 6.18. The number of aliphatic hydroxyl groups is 1. The molecule has 216 valence electrons. The van der Waals surface area contributed by atoms with Crippen molar-refractivity contribution >= 4 is 43.0 Å². The van der Waals surface area contributed by atoms with Crippen molar-refractivity contribution in [1.29, 1.82) is 0 Å². The third-order valence-electron chi connectivity index (χ3n) is 6.86. The van der Waals surface area contributed by atoms with Gasteiger partial charge in [0.15, 0.2) is 5.75 Å². The van der Waals surface area contributed by atoms with Crippen molar-refractivity contribution in [1.82, 2.24) is 9.21 Å². The number of likely N-dealkylation sites (N-methyl/N-ethyl adjacent to an activating group) is 1. The van der Waals surface area contributed by atoms with E-state index in [1.54, 1.807) is 48.7 Å². The van der Waals surface area contributed by atoms with Crippen LogP contribution in [0.2, 0.25) is 0 Å². The molecule has 40 heavy (non-hydrogen) atoms. The van der Waals surface area contributed by atoms with Crippen molar-refractivity contribution in [2.24, 2.45) is 5.92 Å². The van der Waals surface area contributed by atoms with E-state index in [0.717, 1.165) is 16.9 Å². The molecule has 1 amide bonds. The first-order valence-corrected chi connectivity index (χ1v) is 16.5. The molecule has 1 aromatic heterocycles. The number of thiophene rings is 1. The van der Waals surface area contributed by atoms with Crippen LogP contribution in [0, 0.1) is 12.8 Å². The minimum atomic E-state index is -3.98. The lowest BCUT2D eigenvalue weighted by atomic mass is 9.99. The van der Waals surface area contributed by atoms with Crippen LogP contribution in [-0.4, -0.2) is 75.9 Å². The summed E-state index contributed by atoms with van der Waals surface area (Å²) in [5, 5.41) is 11.5. The average Bonchev–Trinajstić information content (AvgIpc) is 3.47. The van der Waals surface area contributed by atoms with E-state index in [2.05, 4.69) is 4.72 Å². The van der Waals surface area contributed by atoms with Gasteiger partial charge in [0.05, 0.1) is 35.3 Å². The fraction of sp³-hybridized carbons (Fsp3) is 0.370. The summed E-state index contributed by atoms with van der Waals surface area (Å²) in [5.74, 6) is -0.816. The molecule has 4 rings (SSSR count). The Morgan fingerprint density at radius 1 is 1.12 bits per heavy atom. The summed E-state index contributed by atoms with van der Waals surface area (Å²) in [7, 11) is -6.39. The second-order valence-corrected chi connectivity index (χ2v) is 14.8. The SMILES string of the molecule is Cc1ccc(S(=O)(=O)N(C)C[C@@H]2Oc3c(NS(=O)(=O)c4cccs4)cccc3C(=O)N([C@@H](C)CO)C[C@H]2C)cc1. The quantitative estimate of drug-likeness (QED) is 0.381. The molecule has 0 radical (unpaired) electrons. The maximum atomic E-state index is 13.6. The molecule has 0 bridgehead atoms. The Labute approximate surface area is 239 Å². The summed E-state index contributed by atoms with van der Waals surface area (Å²) >= 11 is 1.05. The smallest absolute Gasteiger partial charge is 0.271 e. The van der Waals surface area contributed by atoms with Crippen LogP contribution in [0.1, 0.15) is 29.8 Å². The topological polar surface area (TPSA) is 133 Å². The number of hydrogen-bond acceptors (Lipinski definition) is 8. The zero-order chi connectivity index (χ0) is 29.2. The molecule has 0 saturated carbocycles. The first-order valence-electron chi connectivity index (χ1n) is 12.7. The fourth-order valence-corrected chi connectivity index (χ4v) is 7.63. The van der Waals surface area contributed by atoms with Crippen LogP contribution in [0.5, 0.6) is 5.75 Å². The van der Waals surface area contributed by atoms with Gasteiger partial charge in [-0.2, -0.15) is 4.31 Å². The van der Waals surface area contributed by atoms with Crippen molar-refractivity contribution in [3.05, 3.63) is 71.1 Å². The van der Waals surface area contributed by atoms with Gasteiger partial charge in [-0.05, 0) is 49.6 Å². The van der Waals surface area contributed by atoms with Gasteiger partial charge in [-0.15, -0.1) is 11.3 Å². The number of benzene rings is 2. The van der Waals surface area contributed by atoms with Gasteiger partial charge < -0.3 is 14.7 Å². The Hall–Kier alpha value is -2.97. The second-order valence-electron chi connectivity index (χ2n) is 9.94. The Balaban J connectivity index is 1.75. The second kappa shape index (κ2) is 11.9. The number of amides is 1. The normalized spacial score (nSPS) is 18.9. The Morgan fingerprint density at radius 2 is 1.82 bits per heavy atom. The molecule has 0 aliphatic carbocycles. The average molecular weight is 608 g/mol. The highest BCUT2D eigenvalue weighted by Gasteiger charge is 2.36. The molecule has 0 unspecified atom stereocenters. The molecular weight excluding hydrogens is 575 g/mol. The molecule has 13 heteroatoms. The van der Waals surface area contributed by atoms with Gasteiger partial charge in [-0.1, -0.05) is 36.8 Å². The molecule has 2 aromatic carbocycles. The number of nitrogens with one attached hydrogen (secondary N) is 1. The molecule has 0 saturated heterocycles. The number of rotatable bonds is 9. The van der Waals surface area contributed by atoms with Crippen LogP contribution in [-0.2, 0) is 20.0 Å². The van der Waals surface area contributed by atoms with E-state index in [0.29, 0.717) is 0 Å². The number of nitrogens with zero attached hydrogens (tertiary/aromatic N) is 2. The highest BCUT2D eigenvalue weighted by molar-refractivity contribution is 7.94. The predicted molar refractivity (Wildman–Crippen MR) is 154 cm³/mol. The summed E-state index contributed by atoms with van der Waals surface area (Å²) in [6, 6.07) is 13.6. The van der Waals surface area contributed by atoms with Gasteiger partial charge in [-0.25, -0.2) is 16.8 Å². The zero-order valence-corrected chi connectivity index (χ0v) is 25.1. The summed E-state index contributed by atoms with van der Waals surface area (Å²) in [6.07, 6.45) is -0.766. The van der Waals surface area contributed by atoms with Crippen molar-refractivity contribution < 1.29 is 31.5 Å². The molecule has 2 N–H and O–H groups in total. The number of aliphatic hydroxyl groups excluding tert-OH is 1. The van der Waals surface area contributed by atoms with E-state index in [1.807, 2.05) is 13.8 Å². The van der Waals surface area contributed by atoms with Crippen molar-refractivity contribution in [2.45, 2.75) is 42.0 Å². The van der Waals surface area contributed by atoms with E-state index in [-0.39, 0.29) is 51.7 Å². The number of para-hydroxylation sites is 1. The summed E-state index contributed by atoms with van der Waals surface area (Å²) in [4.78, 5) is 15.3. The first kappa shape index (κ1) is 30.0. The van der Waals surface area contributed by atoms with E-state index in [1.165, 1.54) is 34.5 Å². The molecule has 1 aliphatic heterocycles. The highest BCUT2D eigenvalue weighted by atomic mass is 32.2. The number of ether oxygens (including phenoxy) is 1. The summed E-state index contributed by atoms with van der Waals surface area (Å²) in [6.45, 7) is 5.23. The van der Waals surface area contributed by atoms with Crippen LogP contribution in [0.4, 0.5) is 5.69 Å². The number of carbonyl (C=O) groups is 1. The van der Waals surface area contributed by atoms with Gasteiger partial charge >= 0.3 is 0 Å². The molecule has 0 fully saturated rings. The minimum Gasteiger partial charge on any atom is -0.486 e. The molecule has 0 spiro atoms. The number of fused-ring (bicyclic) bond motifs is 1. The molecule has 10 nitrogen and oxygen atoms in total. The van der Waals surface area contributed by atoms with Gasteiger partial charge in [0.2, 0.25) is 10.0 Å². The fourth-order valence-electron chi connectivity index (χ4n) is 4.39. The van der Waals surface area contributed by atoms with Crippen LogP contribution in [0.15, 0.2) is 69.1 Å². The van der Waals surface area contributed by atoms with E-state index < -0.39 is 38.1 Å². The van der Waals surface area contributed by atoms with Gasteiger partial charge in [0.25, 0.3) is 15.9 Å². The van der Waals surface area contributed by atoms with Crippen LogP contribution < -0.4 is 9.46 Å². The van der Waals surface area contributed by atoms with Crippen molar-refractivity contribution in [2.75, 3.05) is 31.5 Å². The number of carbonyl (C=O) groups excluding carboxylic acids is 1. The molecule has 3 aromatic rings. The van der Waals surface area contributed by atoms with Gasteiger partial charge in [-0.3, -0.25) is 9.52 Å². The maximum Gasteiger partial charge on any atom is 0.271 e. The Morgan fingerprint density at radius 3 is 2.45 bits per heavy atom. The first-order chi connectivity index (χ1) is 18.8. The van der Waals surface area contributed by atoms with E-state index in [9.17, 15) is 26.7 Å². The zero-order valence-electron chi connectivity index (χ0n) is 22.6. The molecular formula is C27H33N3O7S3. The number of sulfonamides is 2. The highest BCUT2D eigenvalue weighted by Crippen LogP contribution is 2.36. The standard InChI is InChI=1S/C27H33N3O7S3/c1-18-10-12-21(13-11-18)40(35,36)29(4)16-24-19(2)15-30(20(3)17-31)27(32)22-7-5-8-23(26(22)37-24)28-39(33,34)25-9-6-14-38-25/h5-14,19-20,24,28,31H,15-17H2,1-4H3/t19-,20+,24+/m1/s1. The molecule has 2 heterocycles. The Kier molecular flexibility index (Phi) is 8.90. The van der Waals surface area contributed by atoms with E-state index >= 15 is 0 Å². The largest absolute Gasteiger partial charge is 0.486 e. The van der Waals surface area contributed by atoms with Crippen molar-refractivity contribution in [3.63, 3.8) is 0 Å². The lowest BCUT2D eigenvalue weighted by Gasteiger charge is -2.38. The van der Waals surface area contributed by atoms with Crippen LogP contribution in [0.3, 0.4) is 0 Å². The number of aryl methyl sites for hydroxylation is 1. The number of anilines is 1. The van der Waals surface area contributed by atoms with Crippen LogP contribution in [0.25, 0.3) is 0 Å². The lowest BCUT2D eigenvalue weighted by Crippen LogP contribution is -2.50.